The van der Waals surface area contributed by atoms with E-state index in [9.17, 15) is 8.42 Å². The molecule has 2 rings (SSSR count). The van der Waals surface area contributed by atoms with E-state index in [1.807, 2.05) is 50.6 Å². The Hall–Kier alpha value is -1.21. The Bertz CT molecular complexity index is 754. The van der Waals surface area contributed by atoms with Crippen molar-refractivity contribution in [3.63, 3.8) is 0 Å². The summed E-state index contributed by atoms with van der Waals surface area (Å²) in [6.45, 7) is 7.78. The number of methoxy groups -OCH3 is 1. The second-order valence-corrected chi connectivity index (χ2v) is 8.21. The van der Waals surface area contributed by atoms with Gasteiger partial charge in [-0.25, -0.2) is 13.1 Å². The minimum atomic E-state index is -3.59. The van der Waals surface area contributed by atoms with Crippen molar-refractivity contribution in [3.05, 3.63) is 50.7 Å². The average molecular weight is 354 g/mol. The van der Waals surface area contributed by atoms with Crippen LogP contribution in [0.2, 0.25) is 0 Å². The van der Waals surface area contributed by atoms with Gasteiger partial charge < -0.3 is 4.74 Å². The topological polar surface area (TPSA) is 55.4 Å². The molecular weight excluding hydrogens is 330 g/mol. The molecule has 1 atom stereocenters. The molecule has 4 nitrogen and oxygen atoms in total. The summed E-state index contributed by atoms with van der Waals surface area (Å²) in [5.41, 5.74) is 4.54. The Kier molecular flexibility index (Phi) is 5.62. The fraction of sp³-hybridized carbons (Fsp3) is 0.412. The van der Waals surface area contributed by atoms with Crippen LogP contribution >= 0.6 is 11.3 Å². The first-order valence-electron chi connectivity index (χ1n) is 7.40. The van der Waals surface area contributed by atoms with Gasteiger partial charge in [-0.1, -0.05) is 6.07 Å². The van der Waals surface area contributed by atoms with E-state index >= 15 is 0 Å². The van der Waals surface area contributed by atoms with Crippen molar-refractivity contribution in [3.8, 4) is 0 Å². The lowest BCUT2D eigenvalue weighted by Crippen LogP contribution is -2.30. The number of nitrogens with one attached hydrogen (secondary N) is 1. The zero-order valence-electron chi connectivity index (χ0n) is 14.1. The van der Waals surface area contributed by atoms with Gasteiger partial charge in [0.05, 0.1) is 11.0 Å². The van der Waals surface area contributed by atoms with Crippen LogP contribution in [0.3, 0.4) is 0 Å². The molecule has 0 fully saturated rings. The van der Waals surface area contributed by atoms with Gasteiger partial charge in [0.15, 0.2) is 0 Å². The third kappa shape index (κ3) is 3.83. The lowest BCUT2D eigenvalue weighted by Gasteiger charge is -2.19. The van der Waals surface area contributed by atoms with Crippen LogP contribution in [0.1, 0.15) is 33.9 Å². The Morgan fingerprint density at radius 1 is 1.17 bits per heavy atom. The van der Waals surface area contributed by atoms with Gasteiger partial charge in [0.25, 0.3) is 0 Å². The summed E-state index contributed by atoms with van der Waals surface area (Å²) in [7, 11) is -2.00. The standard InChI is InChI=1S/C17H23NO3S2/c1-11-8-12(2)14(4)17(13(11)3)23(19,20)18-9-16(21-5)15-6-7-22-10-15/h6-8,10,16,18H,9H2,1-5H3. The molecule has 0 aliphatic heterocycles. The maximum absolute atomic E-state index is 12.8. The summed E-state index contributed by atoms with van der Waals surface area (Å²) in [5, 5.41) is 3.92. The van der Waals surface area contributed by atoms with Crippen LogP contribution in [-0.2, 0) is 14.8 Å². The zero-order chi connectivity index (χ0) is 17.2. The van der Waals surface area contributed by atoms with E-state index in [0.717, 1.165) is 27.8 Å². The highest BCUT2D eigenvalue weighted by Crippen LogP contribution is 2.26. The molecule has 1 unspecified atom stereocenters. The maximum Gasteiger partial charge on any atom is 0.241 e. The summed E-state index contributed by atoms with van der Waals surface area (Å²) in [5.74, 6) is 0. The second kappa shape index (κ2) is 7.13. The third-order valence-electron chi connectivity index (χ3n) is 4.22. The van der Waals surface area contributed by atoms with Gasteiger partial charge in [0.2, 0.25) is 10.0 Å². The van der Waals surface area contributed by atoms with Gasteiger partial charge in [-0.05, 0) is 72.3 Å². The average Bonchev–Trinajstić information content (AvgIpc) is 3.00. The highest BCUT2D eigenvalue weighted by molar-refractivity contribution is 7.89. The van der Waals surface area contributed by atoms with Gasteiger partial charge in [-0.15, -0.1) is 0 Å². The molecule has 1 N–H and O–H groups in total. The molecule has 0 amide bonds. The number of aryl methyl sites for hydroxylation is 2. The number of ether oxygens (including phenoxy) is 1. The van der Waals surface area contributed by atoms with Crippen LogP contribution in [0.4, 0.5) is 0 Å². The lowest BCUT2D eigenvalue weighted by molar-refractivity contribution is 0.107. The van der Waals surface area contributed by atoms with Crippen LogP contribution < -0.4 is 4.72 Å². The normalized spacial score (nSPS) is 13.3. The van der Waals surface area contributed by atoms with Gasteiger partial charge in [0.1, 0.15) is 0 Å². The maximum atomic E-state index is 12.8. The third-order valence-corrected chi connectivity index (χ3v) is 6.62. The van der Waals surface area contributed by atoms with Crippen molar-refractivity contribution in [1.29, 1.82) is 0 Å². The Labute approximate surface area is 142 Å². The molecule has 23 heavy (non-hydrogen) atoms. The zero-order valence-corrected chi connectivity index (χ0v) is 15.8. The molecule has 0 saturated heterocycles. The number of sulfonamides is 1. The van der Waals surface area contributed by atoms with Crippen LogP contribution in [0.25, 0.3) is 0 Å². The quantitative estimate of drug-likeness (QED) is 0.862. The molecule has 0 radical (unpaired) electrons. The van der Waals surface area contributed by atoms with E-state index in [4.69, 9.17) is 4.74 Å². The summed E-state index contributed by atoms with van der Waals surface area (Å²) in [4.78, 5) is 0.384. The molecular formula is C17H23NO3S2. The Morgan fingerprint density at radius 2 is 1.78 bits per heavy atom. The fourth-order valence-corrected chi connectivity index (χ4v) is 4.98. The Balaban J connectivity index is 2.30. The van der Waals surface area contributed by atoms with Crippen molar-refractivity contribution in [2.24, 2.45) is 0 Å². The minimum absolute atomic E-state index is 0.210. The van der Waals surface area contributed by atoms with Crippen LogP contribution in [0.5, 0.6) is 0 Å². The summed E-state index contributed by atoms with van der Waals surface area (Å²) in [6.07, 6.45) is -0.289. The Morgan fingerprint density at radius 3 is 2.26 bits per heavy atom. The molecule has 126 valence electrons. The largest absolute Gasteiger partial charge is 0.375 e. The molecule has 2 aromatic rings. The van der Waals surface area contributed by atoms with E-state index in [0.29, 0.717) is 4.90 Å². The number of benzene rings is 1. The molecule has 0 saturated carbocycles. The van der Waals surface area contributed by atoms with Crippen LogP contribution in [-0.4, -0.2) is 22.1 Å². The molecule has 6 heteroatoms. The van der Waals surface area contributed by atoms with Gasteiger partial charge in [0, 0.05) is 13.7 Å². The van der Waals surface area contributed by atoms with E-state index in [1.165, 1.54) is 0 Å². The molecule has 1 aromatic carbocycles. The first-order chi connectivity index (χ1) is 10.8. The number of hydrogen-bond donors (Lipinski definition) is 1. The lowest BCUT2D eigenvalue weighted by atomic mass is 10.0. The van der Waals surface area contributed by atoms with Crippen molar-refractivity contribution >= 4 is 21.4 Å². The van der Waals surface area contributed by atoms with E-state index in [1.54, 1.807) is 18.4 Å². The number of rotatable bonds is 6. The highest BCUT2D eigenvalue weighted by Gasteiger charge is 2.23. The number of thiophene rings is 1. The first-order valence-corrected chi connectivity index (χ1v) is 9.82. The van der Waals surface area contributed by atoms with E-state index in [2.05, 4.69) is 4.72 Å². The van der Waals surface area contributed by atoms with Gasteiger partial charge >= 0.3 is 0 Å². The molecule has 0 bridgehead atoms. The predicted molar refractivity (Wildman–Crippen MR) is 94.6 cm³/mol. The molecule has 0 aliphatic carbocycles. The summed E-state index contributed by atoms with van der Waals surface area (Å²) in [6, 6.07) is 3.97. The minimum Gasteiger partial charge on any atom is -0.375 e. The van der Waals surface area contributed by atoms with Crippen molar-refractivity contribution < 1.29 is 13.2 Å². The SMILES string of the molecule is COC(CNS(=O)(=O)c1c(C)c(C)cc(C)c1C)c1ccsc1. The van der Waals surface area contributed by atoms with Crippen molar-refractivity contribution in [1.82, 2.24) is 4.72 Å². The predicted octanol–water partition coefficient (Wildman–Crippen LogP) is 3.65. The molecule has 0 spiro atoms. The van der Waals surface area contributed by atoms with Crippen LogP contribution in [0, 0.1) is 27.7 Å². The van der Waals surface area contributed by atoms with Crippen LogP contribution in [0.15, 0.2) is 27.8 Å². The summed E-state index contributed by atoms with van der Waals surface area (Å²) < 4.78 is 33.7. The summed E-state index contributed by atoms with van der Waals surface area (Å²) >= 11 is 1.56. The molecule has 1 aromatic heterocycles. The monoisotopic (exact) mass is 353 g/mol. The van der Waals surface area contributed by atoms with Crippen molar-refractivity contribution in [2.75, 3.05) is 13.7 Å². The highest BCUT2D eigenvalue weighted by atomic mass is 32.2. The second-order valence-electron chi connectivity index (χ2n) is 5.72. The number of hydrogen-bond acceptors (Lipinski definition) is 4. The van der Waals surface area contributed by atoms with E-state index in [-0.39, 0.29) is 12.6 Å². The van der Waals surface area contributed by atoms with Gasteiger partial charge in [-0.2, -0.15) is 11.3 Å². The smallest absolute Gasteiger partial charge is 0.241 e. The van der Waals surface area contributed by atoms with E-state index < -0.39 is 10.0 Å². The molecule has 0 aliphatic rings. The van der Waals surface area contributed by atoms with Gasteiger partial charge in [-0.3, -0.25) is 0 Å². The molecule has 1 heterocycles. The first kappa shape index (κ1) is 18.1. The van der Waals surface area contributed by atoms with Crippen molar-refractivity contribution in [2.45, 2.75) is 38.7 Å². The fourth-order valence-electron chi connectivity index (χ4n) is 2.64.